The van der Waals surface area contributed by atoms with Crippen LogP contribution < -0.4 is 11.3 Å². The van der Waals surface area contributed by atoms with Crippen molar-refractivity contribution in [2.24, 2.45) is 7.05 Å². The van der Waals surface area contributed by atoms with E-state index in [1.165, 1.54) is 0 Å². The van der Waals surface area contributed by atoms with E-state index in [-0.39, 0.29) is 11.2 Å². The zero-order valence-electron chi connectivity index (χ0n) is 7.73. The molecule has 0 saturated heterocycles. The maximum Gasteiger partial charge on any atom is 0.273 e. The second-order valence-electron chi connectivity index (χ2n) is 3.02. The van der Waals surface area contributed by atoms with E-state index in [2.05, 4.69) is 0 Å². The van der Waals surface area contributed by atoms with E-state index in [9.17, 15) is 4.79 Å². The first kappa shape index (κ1) is 9.02. The van der Waals surface area contributed by atoms with E-state index in [0.29, 0.717) is 0 Å². The highest BCUT2D eigenvalue weighted by Gasteiger charge is 2.05. The van der Waals surface area contributed by atoms with Crippen LogP contribution in [0, 0.1) is 0 Å². The molecule has 14 heavy (non-hydrogen) atoms. The van der Waals surface area contributed by atoms with E-state index in [0.717, 1.165) is 10.6 Å². The summed E-state index contributed by atoms with van der Waals surface area (Å²) in [5.74, 6) is 0. The molecule has 0 aliphatic rings. The van der Waals surface area contributed by atoms with Crippen LogP contribution in [0.25, 0.3) is 10.6 Å². The Morgan fingerprint density at radius 1 is 1.36 bits per heavy atom. The lowest BCUT2D eigenvalue weighted by molar-refractivity contribution is 0.876. The molecule has 2 aromatic heterocycles. The number of anilines is 1. The second-order valence-corrected chi connectivity index (χ2v) is 3.96. The van der Waals surface area contributed by atoms with E-state index < -0.39 is 0 Å². The Morgan fingerprint density at radius 2 is 2.14 bits per heavy atom. The quantitative estimate of drug-likeness (QED) is 0.772. The molecule has 0 aromatic carbocycles. The molecule has 2 rings (SSSR count). The van der Waals surface area contributed by atoms with E-state index in [1.807, 2.05) is 23.6 Å². The lowest BCUT2D eigenvalue weighted by atomic mass is 10.3. The van der Waals surface area contributed by atoms with Crippen molar-refractivity contribution >= 4 is 17.0 Å². The Labute approximate surface area is 85.4 Å². The fraction of sp³-hybridized carbons (Fsp3) is 0.100. The minimum atomic E-state index is -0.143. The largest absolute Gasteiger partial charge is 0.394 e. The van der Waals surface area contributed by atoms with Crippen LogP contribution in [-0.2, 0) is 7.05 Å². The molecule has 2 N–H and O–H groups in total. The molecule has 0 saturated carbocycles. The highest BCUT2D eigenvalue weighted by atomic mass is 32.1. The van der Waals surface area contributed by atoms with Crippen LogP contribution >= 0.6 is 11.3 Å². The molecule has 0 aliphatic heterocycles. The van der Waals surface area contributed by atoms with E-state index >= 15 is 0 Å². The molecule has 0 amide bonds. The molecule has 0 bridgehead atoms. The van der Waals surface area contributed by atoms with Gasteiger partial charge in [0, 0.05) is 7.05 Å². The van der Waals surface area contributed by atoms with Crippen molar-refractivity contribution in [1.82, 2.24) is 4.57 Å². The molecule has 0 aliphatic carbocycles. The van der Waals surface area contributed by atoms with Gasteiger partial charge in [0.2, 0.25) is 0 Å². The zero-order chi connectivity index (χ0) is 10.1. The van der Waals surface area contributed by atoms with Crippen molar-refractivity contribution in [2.45, 2.75) is 0 Å². The minimum Gasteiger partial charge on any atom is -0.394 e. The first-order valence-corrected chi connectivity index (χ1v) is 5.07. The van der Waals surface area contributed by atoms with Gasteiger partial charge in [-0.1, -0.05) is 6.07 Å². The minimum absolute atomic E-state index is 0.143. The number of hydrogen-bond acceptors (Lipinski definition) is 3. The van der Waals surface area contributed by atoms with Crippen molar-refractivity contribution in [1.29, 1.82) is 0 Å². The van der Waals surface area contributed by atoms with Crippen molar-refractivity contribution in [3.63, 3.8) is 0 Å². The number of thiophene rings is 1. The molecule has 72 valence electrons. The summed E-state index contributed by atoms with van der Waals surface area (Å²) in [4.78, 5) is 12.6. The second kappa shape index (κ2) is 3.31. The summed E-state index contributed by atoms with van der Waals surface area (Å²) in [6.45, 7) is 0. The predicted molar refractivity (Wildman–Crippen MR) is 59.4 cm³/mol. The molecular formula is C10H10N2OS. The maximum atomic E-state index is 11.5. The van der Waals surface area contributed by atoms with Crippen LogP contribution in [0.3, 0.4) is 0 Å². The van der Waals surface area contributed by atoms with Gasteiger partial charge in [-0.25, -0.2) is 0 Å². The third-order valence-corrected chi connectivity index (χ3v) is 3.00. The lowest BCUT2D eigenvalue weighted by Gasteiger charge is -2.06. The number of nitrogens with two attached hydrogens (primary N) is 1. The van der Waals surface area contributed by atoms with Gasteiger partial charge >= 0.3 is 0 Å². The number of nitrogens with zero attached hydrogens (tertiary/aromatic N) is 1. The fourth-order valence-electron chi connectivity index (χ4n) is 1.33. The highest BCUT2D eigenvalue weighted by molar-refractivity contribution is 7.13. The summed E-state index contributed by atoms with van der Waals surface area (Å²) in [7, 11) is 1.73. The van der Waals surface area contributed by atoms with Crippen LogP contribution in [-0.4, -0.2) is 4.57 Å². The van der Waals surface area contributed by atoms with Crippen molar-refractivity contribution < 1.29 is 0 Å². The van der Waals surface area contributed by atoms with Crippen molar-refractivity contribution in [2.75, 3.05) is 5.73 Å². The lowest BCUT2D eigenvalue weighted by Crippen LogP contribution is -2.20. The molecule has 0 atom stereocenters. The van der Waals surface area contributed by atoms with Gasteiger partial charge in [0.1, 0.15) is 0 Å². The van der Waals surface area contributed by atoms with Gasteiger partial charge in [0.25, 0.3) is 5.56 Å². The molecule has 2 aromatic rings. The van der Waals surface area contributed by atoms with Gasteiger partial charge < -0.3 is 10.3 Å². The van der Waals surface area contributed by atoms with Crippen LogP contribution in [0.15, 0.2) is 34.4 Å². The third kappa shape index (κ3) is 1.33. The number of aromatic nitrogens is 1. The average molecular weight is 206 g/mol. The third-order valence-electron chi connectivity index (χ3n) is 2.11. The first-order valence-electron chi connectivity index (χ1n) is 4.19. The number of nitrogen functional groups attached to an aromatic ring is 1. The van der Waals surface area contributed by atoms with Gasteiger partial charge in [-0.05, 0) is 23.6 Å². The number of rotatable bonds is 1. The van der Waals surface area contributed by atoms with Gasteiger partial charge in [0.15, 0.2) is 0 Å². The summed E-state index contributed by atoms with van der Waals surface area (Å²) >= 11 is 1.60. The van der Waals surface area contributed by atoms with E-state index in [1.54, 1.807) is 29.0 Å². The Bertz CT molecular complexity index is 499. The maximum absolute atomic E-state index is 11.5. The molecule has 2 heterocycles. The Morgan fingerprint density at radius 3 is 2.79 bits per heavy atom. The summed E-state index contributed by atoms with van der Waals surface area (Å²) in [6, 6.07) is 7.45. The zero-order valence-corrected chi connectivity index (χ0v) is 8.54. The summed E-state index contributed by atoms with van der Waals surface area (Å²) in [5.41, 5.74) is 6.56. The van der Waals surface area contributed by atoms with Crippen LogP contribution in [0.4, 0.5) is 5.69 Å². The SMILES string of the molecule is Cn1c(-c2cccs2)ccc(N)c1=O. The topological polar surface area (TPSA) is 48.0 Å². The van der Waals surface area contributed by atoms with Gasteiger partial charge in [-0.3, -0.25) is 4.79 Å². The van der Waals surface area contributed by atoms with Crippen molar-refractivity contribution in [3.05, 3.63) is 40.0 Å². The Hall–Kier alpha value is -1.55. The fourth-order valence-corrected chi connectivity index (χ4v) is 2.11. The molecule has 0 fully saturated rings. The Balaban J connectivity index is 2.68. The standard InChI is InChI=1S/C10H10N2OS/c1-12-8(9-3-2-6-14-9)5-4-7(11)10(12)13/h2-6H,11H2,1H3. The molecule has 0 radical (unpaired) electrons. The molecule has 4 heteroatoms. The normalized spacial score (nSPS) is 10.4. The first-order chi connectivity index (χ1) is 6.70. The Kier molecular flexibility index (Phi) is 2.13. The monoisotopic (exact) mass is 206 g/mol. The van der Waals surface area contributed by atoms with Gasteiger partial charge in [0.05, 0.1) is 16.3 Å². The van der Waals surface area contributed by atoms with Gasteiger partial charge in [-0.2, -0.15) is 0 Å². The summed E-state index contributed by atoms with van der Waals surface area (Å²) in [5, 5.41) is 1.98. The number of hydrogen-bond donors (Lipinski definition) is 1. The predicted octanol–water partition coefficient (Wildman–Crippen LogP) is 1.70. The molecule has 0 spiro atoms. The molecule has 0 unspecified atom stereocenters. The number of pyridine rings is 1. The van der Waals surface area contributed by atoms with Gasteiger partial charge in [-0.15, -0.1) is 11.3 Å². The van der Waals surface area contributed by atoms with Crippen LogP contribution in [0.5, 0.6) is 0 Å². The highest BCUT2D eigenvalue weighted by Crippen LogP contribution is 2.23. The summed E-state index contributed by atoms with van der Waals surface area (Å²) < 4.78 is 1.57. The smallest absolute Gasteiger partial charge is 0.273 e. The molecule has 3 nitrogen and oxygen atoms in total. The van der Waals surface area contributed by atoms with Crippen LogP contribution in [0.1, 0.15) is 0 Å². The van der Waals surface area contributed by atoms with Crippen molar-refractivity contribution in [3.8, 4) is 10.6 Å². The summed E-state index contributed by atoms with van der Waals surface area (Å²) in [6.07, 6.45) is 0. The molecular weight excluding hydrogens is 196 g/mol. The van der Waals surface area contributed by atoms with Crippen LogP contribution in [0.2, 0.25) is 0 Å². The average Bonchev–Trinajstić information content (AvgIpc) is 2.67. The van der Waals surface area contributed by atoms with E-state index in [4.69, 9.17) is 5.73 Å².